The van der Waals surface area contributed by atoms with Crippen molar-refractivity contribution in [2.75, 3.05) is 0 Å². The van der Waals surface area contributed by atoms with E-state index in [1.807, 2.05) is 24.4 Å². The van der Waals surface area contributed by atoms with Crippen LogP contribution in [0.15, 0.2) is 54.7 Å². The van der Waals surface area contributed by atoms with Crippen LogP contribution in [-0.2, 0) is 16.2 Å². The molecular formula is C30H37N. The van der Waals surface area contributed by atoms with Crippen molar-refractivity contribution in [2.45, 2.75) is 84.4 Å². The summed E-state index contributed by atoms with van der Waals surface area (Å²) in [6, 6.07) is 16.4. The summed E-state index contributed by atoms with van der Waals surface area (Å²) in [5, 5.41) is 0. The monoisotopic (exact) mass is 414 g/mol. The molecule has 1 nitrogen and oxygen atoms in total. The molecule has 1 aliphatic carbocycles. The van der Waals surface area contributed by atoms with Gasteiger partial charge in [0.2, 0.25) is 0 Å². The second kappa shape index (κ2) is 7.33. The van der Waals surface area contributed by atoms with Gasteiger partial charge in [0.25, 0.3) is 0 Å². The van der Waals surface area contributed by atoms with Gasteiger partial charge in [0.05, 0.1) is 5.69 Å². The molecule has 0 amide bonds. The molecule has 1 aliphatic rings. The highest BCUT2D eigenvalue weighted by molar-refractivity contribution is 5.75. The maximum absolute atomic E-state index is 8.18. The van der Waals surface area contributed by atoms with E-state index < -0.39 is 6.85 Å². The first-order valence-electron chi connectivity index (χ1n) is 12.9. The minimum atomic E-state index is -2.19. The molecular weight excluding hydrogens is 374 g/mol. The molecule has 0 saturated heterocycles. The SMILES string of the molecule is [2H]C([2H])([2H])c1ccc(-c2ccc(C(C)(C)C)cn2)cc1-c1ccc2c(c1)C(C)(C)CCC2(C)C. The maximum atomic E-state index is 8.18. The third-order valence-electron chi connectivity index (χ3n) is 7.11. The van der Waals surface area contributed by atoms with Crippen LogP contribution in [0.1, 0.15) is 87.7 Å². The molecule has 162 valence electrons. The van der Waals surface area contributed by atoms with E-state index in [0.717, 1.165) is 35.2 Å². The molecule has 0 atom stereocenters. The molecule has 0 aliphatic heterocycles. The zero-order chi connectivity index (χ0) is 25.1. The van der Waals surface area contributed by atoms with Gasteiger partial charge in [0.1, 0.15) is 0 Å². The second-order valence-electron chi connectivity index (χ2n) is 11.5. The quantitative estimate of drug-likeness (QED) is 0.410. The van der Waals surface area contributed by atoms with Crippen molar-refractivity contribution in [2.24, 2.45) is 0 Å². The van der Waals surface area contributed by atoms with Crippen molar-refractivity contribution in [3.8, 4) is 22.4 Å². The molecule has 0 spiro atoms. The molecule has 0 saturated carbocycles. The van der Waals surface area contributed by atoms with Crippen LogP contribution in [0, 0.1) is 6.85 Å². The van der Waals surface area contributed by atoms with Gasteiger partial charge in [0, 0.05) is 15.9 Å². The third-order valence-corrected chi connectivity index (χ3v) is 7.11. The highest BCUT2D eigenvalue weighted by Gasteiger charge is 2.37. The van der Waals surface area contributed by atoms with E-state index >= 15 is 0 Å². The van der Waals surface area contributed by atoms with Gasteiger partial charge in [-0.1, -0.05) is 84.9 Å². The van der Waals surface area contributed by atoms with Crippen LogP contribution in [0.4, 0.5) is 0 Å². The Kier molecular flexibility index (Phi) is 4.30. The fourth-order valence-electron chi connectivity index (χ4n) is 4.71. The standard InChI is InChI=1S/C30H37N/c1-20-9-10-22(27-14-12-23(19-31-27)28(2,3)4)17-24(20)21-11-13-25-26(18-21)30(7,8)16-15-29(25,5)6/h9-14,17-19H,15-16H2,1-8H3/i1D3. The van der Waals surface area contributed by atoms with Gasteiger partial charge in [-0.2, -0.15) is 0 Å². The average molecular weight is 415 g/mol. The van der Waals surface area contributed by atoms with Gasteiger partial charge in [-0.25, -0.2) is 0 Å². The molecule has 0 bridgehead atoms. The van der Waals surface area contributed by atoms with Crippen molar-refractivity contribution < 1.29 is 4.11 Å². The van der Waals surface area contributed by atoms with Gasteiger partial charge in [-0.3, -0.25) is 4.98 Å². The summed E-state index contributed by atoms with van der Waals surface area (Å²) in [4.78, 5) is 4.71. The van der Waals surface area contributed by atoms with E-state index in [9.17, 15) is 0 Å². The number of fused-ring (bicyclic) bond motifs is 1. The number of hydrogen-bond donors (Lipinski definition) is 0. The van der Waals surface area contributed by atoms with Crippen LogP contribution in [0.25, 0.3) is 22.4 Å². The summed E-state index contributed by atoms with van der Waals surface area (Å²) in [5.41, 5.74) is 7.99. The van der Waals surface area contributed by atoms with Crippen LogP contribution < -0.4 is 0 Å². The molecule has 0 N–H and O–H groups in total. The molecule has 3 aromatic rings. The van der Waals surface area contributed by atoms with Crippen molar-refractivity contribution in [1.29, 1.82) is 0 Å². The number of rotatable bonds is 2. The molecule has 4 rings (SSSR count). The Bertz CT molecular complexity index is 1210. The van der Waals surface area contributed by atoms with Crippen LogP contribution in [0.3, 0.4) is 0 Å². The lowest BCUT2D eigenvalue weighted by Crippen LogP contribution is -2.33. The summed E-state index contributed by atoms with van der Waals surface area (Å²) in [6.45, 7) is 13.5. The van der Waals surface area contributed by atoms with Crippen LogP contribution in [0.2, 0.25) is 0 Å². The van der Waals surface area contributed by atoms with Crippen molar-refractivity contribution in [3.63, 3.8) is 0 Å². The maximum Gasteiger partial charge on any atom is 0.0702 e. The summed E-state index contributed by atoms with van der Waals surface area (Å²) in [5.74, 6) is 0. The number of benzene rings is 2. The normalized spacial score (nSPS) is 19.1. The summed E-state index contributed by atoms with van der Waals surface area (Å²) in [7, 11) is 0. The lowest BCUT2D eigenvalue weighted by molar-refractivity contribution is 0.332. The first-order chi connectivity index (χ1) is 15.6. The zero-order valence-electron chi connectivity index (χ0n) is 23.1. The van der Waals surface area contributed by atoms with Crippen molar-refractivity contribution in [3.05, 3.63) is 77.0 Å². The topological polar surface area (TPSA) is 12.9 Å². The molecule has 2 aromatic carbocycles. The van der Waals surface area contributed by atoms with E-state index in [4.69, 9.17) is 9.10 Å². The third kappa shape index (κ3) is 4.07. The Morgan fingerprint density at radius 2 is 1.48 bits per heavy atom. The fraction of sp³-hybridized carbons (Fsp3) is 0.433. The summed E-state index contributed by atoms with van der Waals surface area (Å²) >= 11 is 0. The number of pyridine rings is 1. The van der Waals surface area contributed by atoms with Crippen molar-refractivity contribution in [1.82, 2.24) is 4.98 Å². The summed E-state index contributed by atoms with van der Waals surface area (Å²) in [6.07, 6.45) is 4.20. The number of aryl methyl sites for hydroxylation is 1. The average Bonchev–Trinajstić information content (AvgIpc) is 2.75. The van der Waals surface area contributed by atoms with Gasteiger partial charge in [-0.05, 0) is 81.5 Å². The first-order valence-corrected chi connectivity index (χ1v) is 11.4. The van der Waals surface area contributed by atoms with Gasteiger partial charge < -0.3 is 0 Å². The minimum absolute atomic E-state index is 0.0333. The Balaban J connectivity index is 1.87. The summed E-state index contributed by atoms with van der Waals surface area (Å²) < 4.78 is 24.5. The molecule has 1 heterocycles. The number of hydrogen-bond acceptors (Lipinski definition) is 1. The van der Waals surface area contributed by atoms with Crippen molar-refractivity contribution >= 4 is 0 Å². The Morgan fingerprint density at radius 1 is 0.806 bits per heavy atom. The van der Waals surface area contributed by atoms with Gasteiger partial charge in [-0.15, -0.1) is 0 Å². The second-order valence-corrected chi connectivity index (χ2v) is 11.5. The lowest BCUT2D eigenvalue weighted by atomic mass is 9.63. The van der Waals surface area contributed by atoms with E-state index in [2.05, 4.69) is 72.7 Å². The lowest BCUT2D eigenvalue weighted by Gasteiger charge is -2.42. The molecule has 0 fully saturated rings. The molecule has 1 aromatic heterocycles. The zero-order valence-corrected chi connectivity index (χ0v) is 20.1. The Hall–Kier alpha value is -2.41. The molecule has 1 heteroatoms. The van der Waals surface area contributed by atoms with Crippen LogP contribution >= 0.6 is 0 Å². The Labute approximate surface area is 193 Å². The largest absolute Gasteiger partial charge is 0.256 e. The predicted octanol–water partition coefficient (Wildman–Crippen LogP) is 8.37. The predicted molar refractivity (Wildman–Crippen MR) is 134 cm³/mol. The van der Waals surface area contributed by atoms with E-state index in [1.54, 1.807) is 6.07 Å². The fourth-order valence-corrected chi connectivity index (χ4v) is 4.71. The highest BCUT2D eigenvalue weighted by Crippen LogP contribution is 2.47. The molecule has 0 unspecified atom stereocenters. The van der Waals surface area contributed by atoms with Gasteiger partial charge >= 0.3 is 0 Å². The highest BCUT2D eigenvalue weighted by atomic mass is 14.7. The van der Waals surface area contributed by atoms with E-state index in [-0.39, 0.29) is 16.2 Å². The van der Waals surface area contributed by atoms with E-state index in [0.29, 0.717) is 5.56 Å². The molecule has 0 radical (unpaired) electrons. The Morgan fingerprint density at radius 3 is 2.10 bits per heavy atom. The first kappa shape index (κ1) is 18.2. The minimum Gasteiger partial charge on any atom is -0.256 e. The van der Waals surface area contributed by atoms with E-state index in [1.165, 1.54) is 16.7 Å². The van der Waals surface area contributed by atoms with Crippen LogP contribution in [0.5, 0.6) is 0 Å². The van der Waals surface area contributed by atoms with Gasteiger partial charge in [0.15, 0.2) is 0 Å². The van der Waals surface area contributed by atoms with Crippen LogP contribution in [-0.4, -0.2) is 4.98 Å². The number of aromatic nitrogens is 1. The smallest absolute Gasteiger partial charge is 0.0702 e. The number of nitrogens with zero attached hydrogens (tertiary/aromatic N) is 1. The molecule has 31 heavy (non-hydrogen) atoms.